The molecule has 4 heteroatoms. The van der Waals surface area contributed by atoms with E-state index >= 15 is 0 Å². The highest BCUT2D eigenvalue weighted by Crippen LogP contribution is 2.21. The molecule has 3 unspecified atom stereocenters. The molecule has 0 spiro atoms. The molecule has 0 saturated heterocycles. The first kappa shape index (κ1) is 14.4. The maximum absolute atomic E-state index is 13.0. The summed E-state index contributed by atoms with van der Waals surface area (Å²) in [5, 5.41) is 12.7. The SMILES string of the molecule is CC(O)CC(C)NC(C)c1ccc(F)c(Cl)c1. The molecule has 1 aromatic rings. The largest absolute Gasteiger partial charge is 0.393 e. The Hall–Kier alpha value is -0.640. The van der Waals surface area contributed by atoms with Gasteiger partial charge in [-0.1, -0.05) is 17.7 Å². The van der Waals surface area contributed by atoms with E-state index in [1.807, 2.05) is 13.8 Å². The highest BCUT2D eigenvalue weighted by atomic mass is 35.5. The summed E-state index contributed by atoms with van der Waals surface area (Å²) in [5.41, 5.74) is 0.939. The fourth-order valence-corrected chi connectivity index (χ4v) is 2.07. The van der Waals surface area contributed by atoms with Crippen LogP contribution in [-0.2, 0) is 0 Å². The number of nitrogens with one attached hydrogen (secondary N) is 1. The van der Waals surface area contributed by atoms with Gasteiger partial charge in [0, 0.05) is 12.1 Å². The topological polar surface area (TPSA) is 32.3 Å². The highest BCUT2D eigenvalue weighted by molar-refractivity contribution is 6.30. The lowest BCUT2D eigenvalue weighted by atomic mass is 10.1. The number of benzene rings is 1. The number of aliphatic hydroxyl groups is 1. The van der Waals surface area contributed by atoms with Crippen molar-refractivity contribution in [3.05, 3.63) is 34.6 Å². The van der Waals surface area contributed by atoms with Gasteiger partial charge in [0.2, 0.25) is 0 Å². The summed E-state index contributed by atoms with van der Waals surface area (Å²) in [6, 6.07) is 4.97. The lowest BCUT2D eigenvalue weighted by molar-refractivity contribution is 0.168. The summed E-state index contributed by atoms with van der Waals surface area (Å²) in [6.45, 7) is 5.76. The number of rotatable bonds is 5. The van der Waals surface area contributed by atoms with Gasteiger partial charge in [-0.2, -0.15) is 0 Å². The molecular formula is C13H19ClFNO. The van der Waals surface area contributed by atoms with Gasteiger partial charge in [-0.05, 0) is 44.9 Å². The molecule has 0 aliphatic rings. The van der Waals surface area contributed by atoms with Crippen LogP contribution in [0.1, 0.15) is 38.8 Å². The molecule has 2 nitrogen and oxygen atoms in total. The van der Waals surface area contributed by atoms with E-state index in [1.54, 1.807) is 19.1 Å². The maximum atomic E-state index is 13.0. The molecule has 1 rings (SSSR count). The van der Waals surface area contributed by atoms with Crippen molar-refractivity contribution < 1.29 is 9.50 Å². The Morgan fingerprint density at radius 1 is 1.35 bits per heavy atom. The van der Waals surface area contributed by atoms with Crippen LogP contribution >= 0.6 is 11.6 Å². The fraction of sp³-hybridized carbons (Fsp3) is 0.538. The molecule has 0 heterocycles. The minimum absolute atomic E-state index is 0.0712. The number of aliphatic hydroxyl groups excluding tert-OH is 1. The van der Waals surface area contributed by atoms with Gasteiger partial charge >= 0.3 is 0 Å². The zero-order valence-corrected chi connectivity index (χ0v) is 11.1. The number of hydrogen-bond donors (Lipinski definition) is 2. The lowest BCUT2D eigenvalue weighted by Crippen LogP contribution is -2.31. The van der Waals surface area contributed by atoms with E-state index < -0.39 is 5.82 Å². The van der Waals surface area contributed by atoms with Gasteiger partial charge in [-0.3, -0.25) is 0 Å². The van der Waals surface area contributed by atoms with Crippen molar-refractivity contribution in [2.24, 2.45) is 0 Å². The van der Waals surface area contributed by atoms with Crippen LogP contribution in [0.3, 0.4) is 0 Å². The predicted molar refractivity (Wildman–Crippen MR) is 68.7 cm³/mol. The van der Waals surface area contributed by atoms with Crippen LogP contribution in [-0.4, -0.2) is 17.3 Å². The molecule has 0 aliphatic carbocycles. The van der Waals surface area contributed by atoms with Crippen LogP contribution in [0.5, 0.6) is 0 Å². The molecule has 3 atom stereocenters. The van der Waals surface area contributed by atoms with Crippen LogP contribution < -0.4 is 5.32 Å². The Balaban J connectivity index is 2.63. The summed E-state index contributed by atoms with van der Waals surface area (Å²) < 4.78 is 13.0. The van der Waals surface area contributed by atoms with Crippen molar-refractivity contribution in [2.45, 2.75) is 45.4 Å². The maximum Gasteiger partial charge on any atom is 0.141 e. The van der Waals surface area contributed by atoms with Crippen molar-refractivity contribution in [3.63, 3.8) is 0 Å². The van der Waals surface area contributed by atoms with Gasteiger partial charge in [0.05, 0.1) is 11.1 Å². The Morgan fingerprint density at radius 2 is 2.00 bits per heavy atom. The molecular weight excluding hydrogens is 241 g/mol. The van der Waals surface area contributed by atoms with Crippen molar-refractivity contribution >= 4 is 11.6 Å². The molecule has 0 aliphatic heterocycles. The average Bonchev–Trinajstić information content (AvgIpc) is 2.20. The molecule has 0 fully saturated rings. The summed E-state index contributed by atoms with van der Waals surface area (Å²) in [5.74, 6) is -0.403. The Bertz CT molecular complexity index is 370. The average molecular weight is 260 g/mol. The van der Waals surface area contributed by atoms with Crippen molar-refractivity contribution in [1.29, 1.82) is 0 Å². The van der Waals surface area contributed by atoms with E-state index in [1.165, 1.54) is 6.07 Å². The summed E-state index contributed by atoms with van der Waals surface area (Å²) in [6.07, 6.45) is 0.348. The van der Waals surface area contributed by atoms with E-state index in [4.69, 9.17) is 11.6 Å². The third-order valence-corrected chi connectivity index (χ3v) is 2.96. The van der Waals surface area contributed by atoms with E-state index in [0.717, 1.165) is 5.56 Å². The van der Waals surface area contributed by atoms with E-state index in [-0.39, 0.29) is 23.2 Å². The second-order valence-corrected chi connectivity index (χ2v) is 4.95. The smallest absolute Gasteiger partial charge is 0.141 e. The Kier molecular flexibility index (Phi) is 5.37. The first-order valence-electron chi connectivity index (χ1n) is 5.79. The van der Waals surface area contributed by atoms with Crippen molar-refractivity contribution in [3.8, 4) is 0 Å². The first-order chi connectivity index (χ1) is 7.90. The molecule has 0 bridgehead atoms. The van der Waals surface area contributed by atoms with E-state index in [9.17, 15) is 9.50 Å². The molecule has 0 aromatic heterocycles. The van der Waals surface area contributed by atoms with Gasteiger partial charge in [0.25, 0.3) is 0 Å². The van der Waals surface area contributed by atoms with Gasteiger partial charge in [0.1, 0.15) is 5.82 Å². The van der Waals surface area contributed by atoms with Crippen LogP contribution in [0.4, 0.5) is 4.39 Å². The third-order valence-electron chi connectivity index (χ3n) is 2.67. The van der Waals surface area contributed by atoms with Crippen molar-refractivity contribution in [2.75, 3.05) is 0 Å². The van der Waals surface area contributed by atoms with Crippen LogP contribution in [0.25, 0.3) is 0 Å². The van der Waals surface area contributed by atoms with Crippen LogP contribution in [0.2, 0.25) is 5.02 Å². The third kappa shape index (κ3) is 4.62. The second-order valence-electron chi connectivity index (χ2n) is 4.55. The minimum Gasteiger partial charge on any atom is -0.393 e. The summed E-state index contributed by atoms with van der Waals surface area (Å²) >= 11 is 5.74. The van der Waals surface area contributed by atoms with E-state index in [0.29, 0.717) is 6.42 Å². The molecule has 96 valence electrons. The van der Waals surface area contributed by atoms with Gasteiger partial charge < -0.3 is 10.4 Å². The van der Waals surface area contributed by atoms with Gasteiger partial charge in [-0.25, -0.2) is 4.39 Å². The Labute approximate surface area is 107 Å². The Morgan fingerprint density at radius 3 is 2.53 bits per heavy atom. The predicted octanol–water partition coefficient (Wildman–Crippen LogP) is 3.29. The standard InChI is InChI=1S/C13H19ClFNO/c1-8(6-9(2)17)16-10(3)11-4-5-13(15)12(14)7-11/h4-5,7-10,16-17H,6H2,1-3H3. The quantitative estimate of drug-likeness (QED) is 0.851. The number of hydrogen-bond acceptors (Lipinski definition) is 2. The van der Waals surface area contributed by atoms with Gasteiger partial charge in [0.15, 0.2) is 0 Å². The van der Waals surface area contributed by atoms with Crippen LogP contribution in [0, 0.1) is 5.82 Å². The van der Waals surface area contributed by atoms with Crippen molar-refractivity contribution in [1.82, 2.24) is 5.32 Å². The van der Waals surface area contributed by atoms with Gasteiger partial charge in [-0.15, -0.1) is 0 Å². The van der Waals surface area contributed by atoms with Crippen LogP contribution in [0.15, 0.2) is 18.2 Å². The minimum atomic E-state index is -0.403. The zero-order valence-electron chi connectivity index (χ0n) is 10.4. The summed E-state index contributed by atoms with van der Waals surface area (Å²) in [7, 11) is 0. The lowest BCUT2D eigenvalue weighted by Gasteiger charge is -2.21. The normalized spacial score (nSPS) is 16.6. The molecule has 1 aromatic carbocycles. The fourth-order valence-electron chi connectivity index (χ4n) is 1.88. The zero-order chi connectivity index (χ0) is 13.0. The molecule has 0 radical (unpaired) electrons. The highest BCUT2D eigenvalue weighted by Gasteiger charge is 2.12. The molecule has 17 heavy (non-hydrogen) atoms. The molecule has 0 amide bonds. The van der Waals surface area contributed by atoms with E-state index in [2.05, 4.69) is 5.32 Å². The second kappa shape index (κ2) is 6.34. The summed E-state index contributed by atoms with van der Waals surface area (Å²) in [4.78, 5) is 0. The molecule has 0 saturated carbocycles. The number of halogens is 2. The monoisotopic (exact) mass is 259 g/mol. The first-order valence-corrected chi connectivity index (χ1v) is 6.17. The molecule has 2 N–H and O–H groups in total.